The molecule has 0 aliphatic heterocycles. The van der Waals surface area contributed by atoms with Gasteiger partial charge in [0.1, 0.15) is 0 Å². The summed E-state index contributed by atoms with van der Waals surface area (Å²) in [4.78, 5) is 0. The van der Waals surface area contributed by atoms with Crippen LogP contribution in [0.1, 0.15) is 1.43 Å². The van der Waals surface area contributed by atoms with Gasteiger partial charge in [0.25, 0.3) is 0 Å². The second kappa shape index (κ2) is 2.18. The van der Waals surface area contributed by atoms with Gasteiger partial charge in [0.15, 0.2) is 0 Å². The summed E-state index contributed by atoms with van der Waals surface area (Å²) in [5.41, 5.74) is 0. The maximum absolute atomic E-state index is 2.39. The Hall–Kier alpha value is 0.922. The van der Waals surface area contributed by atoms with Crippen LogP contribution in [0.4, 0.5) is 0 Å². The van der Waals surface area contributed by atoms with Crippen molar-refractivity contribution in [2.45, 2.75) is 13.4 Å². The monoisotopic (exact) mass is 255 g/mol. The zero-order valence-corrected chi connectivity index (χ0v) is 8.07. The normalized spacial score (nSPS) is 9.00. The van der Waals surface area contributed by atoms with Crippen molar-refractivity contribution in [2.75, 3.05) is 0 Å². The molecule has 1 heteroatoms. The molecular formula is C3H11Pb-. The fraction of sp³-hybridized carbons (Fsp3) is 1.00. The van der Waals surface area contributed by atoms with Crippen molar-refractivity contribution in [1.82, 2.24) is 0 Å². The van der Waals surface area contributed by atoms with Crippen LogP contribution in [-0.2, 0) is 0 Å². The molecule has 0 atom stereocenters. The van der Waals surface area contributed by atoms with E-state index in [2.05, 4.69) is 13.4 Å². The zero-order chi connectivity index (χ0) is 3.58. The molecule has 0 aliphatic carbocycles. The Bertz CT molecular complexity index is 11.6. The molecular weight excluding hydrogens is 243 g/mol. The van der Waals surface area contributed by atoms with Crippen LogP contribution in [-0.4, -0.2) is 22.7 Å². The minimum absolute atomic E-state index is 0. The molecule has 0 amide bonds. The molecule has 0 aromatic heterocycles. The Morgan fingerprint density at radius 1 is 1.25 bits per heavy atom. The van der Waals surface area contributed by atoms with E-state index in [0.29, 0.717) is 0 Å². The summed E-state index contributed by atoms with van der Waals surface area (Å²) in [5, 5.41) is 0. The van der Waals surface area contributed by atoms with Crippen LogP contribution in [0.25, 0.3) is 0 Å². The minimum atomic E-state index is -0.722. The Morgan fingerprint density at radius 3 is 1.25 bits per heavy atom. The number of hydrogen-bond acceptors (Lipinski definition) is 0. The van der Waals surface area contributed by atoms with Gasteiger partial charge in [0, 0.05) is 0 Å². The number of rotatable bonds is 0. The molecule has 0 saturated heterocycles. The topological polar surface area (TPSA) is 0 Å². The smallest absolute Gasteiger partial charge is 1.00 e. The molecule has 0 aromatic rings. The Kier molecular flexibility index (Phi) is 2.68. The standard InChI is InChI=1S/3CH3.Pb.2H/h3*1H3;;;/q;;;;;-1. The van der Waals surface area contributed by atoms with Crippen molar-refractivity contribution in [1.29, 1.82) is 0 Å². The molecule has 0 rings (SSSR count). The molecule has 0 fully saturated rings. The van der Waals surface area contributed by atoms with Crippen LogP contribution in [0, 0.1) is 0 Å². The summed E-state index contributed by atoms with van der Waals surface area (Å²) in [6, 6.07) is 0. The van der Waals surface area contributed by atoms with Crippen LogP contribution in [0.5, 0.6) is 0 Å². The van der Waals surface area contributed by atoms with Gasteiger partial charge in [-0.15, -0.1) is 0 Å². The first kappa shape index (κ1) is 4.92. The molecule has 0 saturated carbocycles. The molecule has 28 valence electrons. The van der Waals surface area contributed by atoms with Crippen molar-refractivity contribution >= 4 is 22.7 Å². The molecule has 0 heterocycles. The van der Waals surface area contributed by atoms with E-state index < -0.39 is 22.7 Å². The Balaban J connectivity index is 0. The first-order chi connectivity index (χ1) is 1.73. The summed E-state index contributed by atoms with van der Waals surface area (Å²) >= 11 is -0.722. The van der Waals surface area contributed by atoms with E-state index in [9.17, 15) is 0 Å². The van der Waals surface area contributed by atoms with E-state index >= 15 is 0 Å². The maximum atomic E-state index is 2.39. The third-order valence-electron chi connectivity index (χ3n) is 0. The summed E-state index contributed by atoms with van der Waals surface area (Å²) in [7, 11) is 0. The van der Waals surface area contributed by atoms with Gasteiger partial charge in [-0.1, -0.05) is 0 Å². The van der Waals surface area contributed by atoms with Crippen molar-refractivity contribution in [3.63, 3.8) is 0 Å². The minimum Gasteiger partial charge on any atom is -1.00 e. The molecule has 0 nitrogen and oxygen atoms in total. The van der Waals surface area contributed by atoms with Crippen molar-refractivity contribution < 1.29 is 1.43 Å². The first-order valence-electron chi connectivity index (χ1n) is 1.73. The molecule has 0 bridgehead atoms. The first-order valence-corrected chi connectivity index (χ1v) is 15.2. The maximum Gasteiger partial charge on any atom is -1.00 e. The van der Waals surface area contributed by atoms with Gasteiger partial charge >= 0.3 is 36.2 Å². The molecule has 0 spiro atoms. The van der Waals surface area contributed by atoms with Crippen LogP contribution < -0.4 is 0 Å². The molecule has 0 aromatic carbocycles. The zero-order valence-electron chi connectivity index (χ0n) is 4.58. The quantitative estimate of drug-likeness (QED) is 0.570. The van der Waals surface area contributed by atoms with Gasteiger partial charge in [0.2, 0.25) is 0 Å². The van der Waals surface area contributed by atoms with Crippen LogP contribution in [0.2, 0.25) is 13.4 Å². The van der Waals surface area contributed by atoms with Gasteiger partial charge in [0.05, 0.1) is 0 Å². The van der Waals surface area contributed by atoms with E-state index in [0.717, 1.165) is 0 Å². The van der Waals surface area contributed by atoms with Gasteiger partial charge in [-0.3, -0.25) is 0 Å². The largest absolute Gasteiger partial charge is 1.00 e. The second-order valence-electron chi connectivity index (χ2n) is 1.73. The van der Waals surface area contributed by atoms with Crippen molar-refractivity contribution in [3.8, 4) is 0 Å². The van der Waals surface area contributed by atoms with Crippen LogP contribution >= 0.6 is 0 Å². The third-order valence-corrected chi connectivity index (χ3v) is 0. The van der Waals surface area contributed by atoms with E-state index in [4.69, 9.17) is 0 Å². The van der Waals surface area contributed by atoms with E-state index in [1.807, 2.05) is 0 Å². The third kappa shape index (κ3) is 12.7. The molecule has 0 unspecified atom stereocenters. The summed E-state index contributed by atoms with van der Waals surface area (Å²) in [6.07, 6.45) is 0. The van der Waals surface area contributed by atoms with E-state index in [1.165, 1.54) is 0 Å². The van der Waals surface area contributed by atoms with Gasteiger partial charge < -0.3 is 1.43 Å². The molecule has 0 radical (unpaired) electrons. The average Bonchev–Trinajstić information content (AvgIpc) is 0.811. The Morgan fingerprint density at radius 2 is 1.25 bits per heavy atom. The summed E-state index contributed by atoms with van der Waals surface area (Å²) in [6.45, 7) is 0. The average molecular weight is 254 g/mol. The van der Waals surface area contributed by atoms with E-state index in [1.54, 1.807) is 0 Å². The molecule has 4 heavy (non-hydrogen) atoms. The van der Waals surface area contributed by atoms with Crippen molar-refractivity contribution in [3.05, 3.63) is 0 Å². The fourth-order valence-electron chi connectivity index (χ4n) is 0. The summed E-state index contributed by atoms with van der Waals surface area (Å²) < 4.78 is 7.17. The predicted octanol–water partition coefficient (Wildman–Crippen LogP) is 1.22. The number of hydrogen-bond donors (Lipinski definition) is 0. The van der Waals surface area contributed by atoms with E-state index in [-0.39, 0.29) is 1.43 Å². The van der Waals surface area contributed by atoms with Gasteiger partial charge in [-0.05, 0) is 0 Å². The van der Waals surface area contributed by atoms with Crippen molar-refractivity contribution in [2.24, 2.45) is 0 Å². The van der Waals surface area contributed by atoms with Gasteiger partial charge in [-0.2, -0.15) is 0 Å². The SMILES string of the molecule is [CH3][PbH]([CH3])[CH3].[H-]. The van der Waals surface area contributed by atoms with Crippen LogP contribution in [0.15, 0.2) is 0 Å². The predicted molar refractivity (Wildman–Crippen MR) is 25.9 cm³/mol. The van der Waals surface area contributed by atoms with Gasteiger partial charge in [-0.25, -0.2) is 0 Å². The fourth-order valence-corrected chi connectivity index (χ4v) is 0. The van der Waals surface area contributed by atoms with Crippen LogP contribution in [0.3, 0.4) is 0 Å². The molecule has 0 N–H and O–H groups in total. The Labute approximate surface area is 37.8 Å². The molecule has 0 aliphatic rings. The summed E-state index contributed by atoms with van der Waals surface area (Å²) in [5.74, 6) is 0. The second-order valence-corrected chi connectivity index (χ2v) is 15.2.